The number of sulfonamides is 1. The summed E-state index contributed by atoms with van der Waals surface area (Å²) in [5.74, 6) is -1.01. The molecule has 4 rings (SSSR count). The van der Waals surface area contributed by atoms with Gasteiger partial charge < -0.3 is 10.2 Å². The Bertz CT molecular complexity index is 1760. The summed E-state index contributed by atoms with van der Waals surface area (Å²) >= 11 is 19.6. The minimum atomic E-state index is -4.26. The molecule has 7 nitrogen and oxygen atoms in total. The minimum Gasteiger partial charge on any atom is -0.354 e. The second kappa shape index (κ2) is 15.8. The van der Waals surface area contributed by atoms with Gasteiger partial charge in [0.25, 0.3) is 10.0 Å². The highest BCUT2D eigenvalue weighted by Gasteiger charge is 2.35. The summed E-state index contributed by atoms with van der Waals surface area (Å²) < 4.78 is 29.4. The summed E-state index contributed by atoms with van der Waals surface area (Å²) in [6.45, 7) is 5.22. The lowest BCUT2D eigenvalue weighted by Gasteiger charge is -2.34. The fourth-order valence-corrected chi connectivity index (χ4v) is 6.97. The fourth-order valence-electron chi connectivity index (χ4n) is 4.88. The van der Waals surface area contributed by atoms with Gasteiger partial charge in [0.05, 0.1) is 10.6 Å². The molecule has 0 aliphatic rings. The number of rotatable bonds is 13. The molecule has 0 aliphatic carbocycles. The average molecular weight is 701 g/mol. The van der Waals surface area contributed by atoms with Crippen molar-refractivity contribution in [2.24, 2.45) is 0 Å². The quantitative estimate of drug-likeness (QED) is 0.156. The molecule has 2 amide bonds. The van der Waals surface area contributed by atoms with E-state index in [2.05, 4.69) is 5.32 Å². The van der Waals surface area contributed by atoms with Gasteiger partial charge in [0, 0.05) is 40.1 Å². The van der Waals surface area contributed by atoms with Gasteiger partial charge in [-0.25, -0.2) is 8.42 Å². The molecule has 0 heterocycles. The Hall–Kier alpha value is -3.56. The molecular formula is C35H36Cl3N3O4S. The van der Waals surface area contributed by atoms with E-state index in [1.165, 1.54) is 23.1 Å². The van der Waals surface area contributed by atoms with Crippen LogP contribution >= 0.6 is 34.8 Å². The molecule has 1 N–H and O–H groups in total. The number of carbonyl (C=O) groups excluding carboxylic acids is 2. The fraction of sp³-hybridized carbons (Fsp3) is 0.257. The first-order chi connectivity index (χ1) is 21.9. The first kappa shape index (κ1) is 35.3. The van der Waals surface area contributed by atoms with Crippen molar-refractivity contribution in [3.8, 4) is 0 Å². The second-order valence-corrected chi connectivity index (χ2v) is 14.1. The van der Waals surface area contributed by atoms with Crippen molar-refractivity contribution in [2.75, 3.05) is 17.4 Å². The number of benzene rings is 4. The third-order valence-electron chi connectivity index (χ3n) is 7.54. The molecule has 11 heteroatoms. The van der Waals surface area contributed by atoms with Gasteiger partial charge in [-0.2, -0.15) is 0 Å². The van der Waals surface area contributed by atoms with Crippen LogP contribution in [-0.2, 0) is 32.6 Å². The van der Waals surface area contributed by atoms with Crippen LogP contribution in [0.1, 0.15) is 35.6 Å². The number of hydrogen-bond donors (Lipinski definition) is 1. The first-order valence-corrected chi connectivity index (χ1v) is 17.4. The number of halogens is 3. The molecule has 0 unspecified atom stereocenters. The molecule has 0 fully saturated rings. The zero-order valence-electron chi connectivity index (χ0n) is 25.8. The van der Waals surface area contributed by atoms with Gasteiger partial charge in [-0.3, -0.25) is 13.9 Å². The lowest BCUT2D eigenvalue weighted by molar-refractivity contribution is -0.140. The Morgan fingerprint density at radius 1 is 0.826 bits per heavy atom. The van der Waals surface area contributed by atoms with Crippen LogP contribution in [0.3, 0.4) is 0 Å². The Morgan fingerprint density at radius 3 is 2.09 bits per heavy atom. The molecule has 4 aromatic carbocycles. The first-order valence-electron chi connectivity index (χ1n) is 14.8. The SMILES string of the molecule is CCCNC(=O)[C@H](Cc1ccccc1)N(Cc1c(Cl)cccc1Cl)C(=O)CN(c1ccc(C)c(Cl)c1)S(=O)(=O)c1ccc(C)cc1. The highest BCUT2D eigenvalue weighted by atomic mass is 35.5. The highest BCUT2D eigenvalue weighted by Crippen LogP contribution is 2.31. The van der Waals surface area contributed by atoms with Crippen LogP contribution in [0.5, 0.6) is 0 Å². The average Bonchev–Trinajstić information content (AvgIpc) is 3.03. The zero-order valence-corrected chi connectivity index (χ0v) is 28.9. The Labute approximate surface area is 286 Å². The lowest BCUT2D eigenvalue weighted by Crippen LogP contribution is -2.53. The summed E-state index contributed by atoms with van der Waals surface area (Å²) in [5, 5.41) is 3.88. The van der Waals surface area contributed by atoms with Crippen molar-refractivity contribution < 1.29 is 18.0 Å². The molecule has 1 atom stereocenters. The zero-order chi connectivity index (χ0) is 33.4. The van der Waals surface area contributed by atoms with Gasteiger partial charge in [-0.15, -0.1) is 0 Å². The van der Waals surface area contributed by atoms with E-state index in [9.17, 15) is 18.0 Å². The molecule has 0 bridgehead atoms. The van der Waals surface area contributed by atoms with E-state index in [0.717, 1.165) is 21.0 Å². The van der Waals surface area contributed by atoms with Gasteiger partial charge >= 0.3 is 0 Å². The van der Waals surface area contributed by atoms with E-state index in [1.54, 1.807) is 49.4 Å². The number of anilines is 1. The molecule has 4 aromatic rings. The van der Waals surface area contributed by atoms with Crippen LogP contribution in [0, 0.1) is 13.8 Å². The predicted octanol–water partition coefficient (Wildman–Crippen LogP) is 7.63. The van der Waals surface area contributed by atoms with Crippen LogP contribution in [0.15, 0.2) is 95.9 Å². The number of nitrogens with zero attached hydrogens (tertiary/aromatic N) is 2. The van der Waals surface area contributed by atoms with Crippen LogP contribution < -0.4 is 9.62 Å². The molecule has 0 aliphatic heterocycles. The molecule has 0 saturated carbocycles. The maximum atomic E-state index is 14.6. The number of nitrogens with one attached hydrogen (secondary N) is 1. The number of carbonyl (C=O) groups is 2. The van der Waals surface area contributed by atoms with E-state index in [4.69, 9.17) is 34.8 Å². The van der Waals surface area contributed by atoms with E-state index >= 15 is 0 Å². The van der Waals surface area contributed by atoms with Crippen LogP contribution in [0.25, 0.3) is 0 Å². The Morgan fingerprint density at radius 2 is 1.48 bits per heavy atom. The second-order valence-electron chi connectivity index (χ2n) is 11.0. The van der Waals surface area contributed by atoms with Crippen LogP contribution in [-0.4, -0.2) is 44.3 Å². The standard InChI is InChI=1S/C35H36Cl3N3O4S/c1-4-19-39-35(43)33(20-26-9-6-5-7-10-26)40(22-29-30(36)11-8-12-31(29)37)34(42)23-41(27-16-15-25(3)32(38)21-27)46(44,45)28-17-13-24(2)14-18-28/h5-18,21,33H,4,19-20,22-23H2,1-3H3,(H,39,43)/t33-/m0/s1. The molecule has 46 heavy (non-hydrogen) atoms. The molecule has 0 spiro atoms. The van der Waals surface area contributed by atoms with E-state index < -0.39 is 28.5 Å². The van der Waals surface area contributed by atoms with Crippen LogP contribution in [0.2, 0.25) is 15.1 Å². The van der Waals surface area contributed by atoms with E-state index in [0.29, 0.717) is 33.6 Å². The summed E-state index contributed by atoms with van der Waals surface area (Å²) in [6, 6.07) is 24.5. The molecule has 0 aromatic heterocycles. The van der Waals surface area contributed by atoms with Crippen molar-refractivity contribution in [1.82, 2.24) is 10.2 Å². The van der Waals surface area contributed by atoms with Gasteiger partial charge in [-0.1, -0.05) is 102 Å². The number of amides is 2. The van der Waals surface area contributed by atoms with Crippen molar-refractivity contribution in [2.45, 2.75) is 51.1 Å². The molecule has 0 saturated heterocycles. The number of aryl methyl sites for hydroxylation is 2. The van der Waals surface area contributed by atoms with Crippen molar-refractivity contribution in [3.63, 3.8) is 0 Å². The summed E-state index contributed by atoms with van der Waals surface area (Å²) in [5.41, 5.74) is 3.08. The minimum absolute atomic E-state index is 0.00446. The lowest BCUT2D eigenvalue weighted by atomic mass is 10.0. The van der Waals surface area contributed by atoms with Crippen molar-refractivity contribution in [3.05, 3.63) is 128 Å². The summed E-state index contributed by atoms with van der Waals surface area (Å²) in [7, 11) is -4.26. The third-order valence-corrected chi connectivity index (χ3v) is 10.4. The third kappa shape index (κ3) is 8.62. The van der Waals surface area contributed by atoms with Crippen LogP contribution in [0.4, 0.5) is 5.69 Å². The molecule has 242 valence electrons. The maximum Gasteiger partial charge on any atom is 0.264 e. The van der Waals surface area contributed by atoms with Gasteiger partial charge in [-0.05, 0) is 67.8 Å². The van der Waals surface area contributed by atoms with Gasteiger partial charge in [0.1, 0.15) is 12.6 Å². The topological polar surface area (TPSA) is 86.8 Å². The van der Waals surface area contributed by atoms with E-state index in [-0.39, 0.29) is 29.5 Å². The molecule has 0 radical (unpaired) electrons. The van der Waals surface area contributed by atoms with Gasteiger partial charge in [0.2, 0.25) is 11.8 Å². The summed E-state index contributed by atoms with van der Waals surface area (Å²) in [6.07, 6.45) is 0.857. The van der Waals surface area contributed by atoms with Crippen molar-refractivity contribution >= 4 is 62.3 Å². The predicted molar refractivity (Wildman–Crippen MR) is 186 cm³/mol. The smallest absolute Gasteiger partial charge is 0.264 e. The van der Waals surface area contributed by atoms with Gasteiger partial charge in [0.15, 0.2) is 0 Å². The Balaban J connectivity index is 1.85. The monoisotopic (exact) mass is 699 g/mol. The maximum absolute atomic E-state index is 14.6. The van der Waals surface area contributed by atoms with E-state index in [1.807, 2.05) is 44.2 Å². The molecular weight excluding hydrogens is 665 g/mol. The largest absolute Gasteiger partial charge is 0.354 e. The Kier molecular flexibility index (Phi) is 12.1. The highest BCUT2D eigenvalue weighted by molar-refractivity contribution is 7.92. The normalized spacial score (nSPS) is 12.0. The summed E-state index contributed by atoms with van der Waals surface area (Å²) in [4.78, 5) is 29.7. The van der Waals surface area contributed by atoms with Crippen molar-refractivity contribution in [1.29, 1.82) is 0 Å². The number of hydrogen-bond acceptors (Lipinski definition) is 4.